The summed E-state index contributed by atoms with van der Waals surface area (Å²) in [6.45, 7) is 9.19. The first-order chi connectivity index (χ1) is 9.95. The highest BCUT2D eigenvalue weighted by molar-refractivity contribution is 6.30. The first-order valence-electron chi connectivity index (χ1n) is 7.22. The van der Waals surface area contributed by atoms with E-state index in [0.717, 1.165) is 29.2 Å². The average molecular weight is 304 g/mol. The maximum absolute atomic E-state index is 6.06. The summed E-state index contributed by atoms with van der Waals surface area (Å²) < 4.78 is 6.06. The first-order valence-corrected chi connectivity index (χ1v) is 7.60. The minimum Gasteiger partial charge on any atom is -0.457 e. The van der Waals surface area contributed by atoms with Crippen LogP contribution in [-0.2, 0) is 6.54 Å². The van der Waals surface area contributed by atoms with E-state index in [1.165, 1.54) is 5.56 Å². The van der Waals surface area contributed by atoms with Gasteiger partial charge in [0.05, 0.1) is 0 Å². The van der Waals surface area contributed by atoms with E-state index in [1.807, 2.05) is 25.1 Å². The van der Waals surface area contributed by atoms with Crippen molar-refractivity contribution in [3.8, 4) is 11.5 Å². The summed E-state index contributed by atoms with van der Waals surface area (Å²) in [6.07, 6.45) is 0. The van der Waals surface area contributed by atoms with E-state index in [9.17, 15) is 0 Å². The molecule has 0 aromatic heterocycles. The molecule has 0 fully saturated rings. The Balaban J connectivity index is 2.22. The van der Waals surface area contributed by atoms with Crippen LogP contribution in [0.2, 0.25) is 5.02 Å². The molecule has 0 aliphatic carbocycles. The van der Waals surface area contributed by atoms with E-state index in [2.05, 4.69) is 44.3 Å². The normalized spacial score (nSPS) is 11.0. The highest BCUT2D eigenvalue weighted by atomic mass is 35.5. The molecule has 0 amide bonds. The molecule has 2 nitrogen and oxygen atoms in total. The topological polar surface area (TPSA) is 21.3 Å². The van der Waals surface area contributed by atoms with E-state index in [4.69, 9.17) is 16.3 Å². The van der Waals surface area contributed by atoms with Crippen molar-refractivity contribution in [3.63, 3.8) is 0 Å². The SMILES string of the molecule is Cc1ccc(Cl)cc1Oc1cc(CNC(C)C)ccc1C. The van der Waals surface area contributed by atoms with Crippen molar-refractivity contribution in [1.29, 1.82) is 0 Å². The number of hydrogen-bond donors (Lipinski definition) is 1. The maximum Gasteiger partial charge on any atom is 0.131 e. The predicted molar refractivity (Wildman–Crippen MR) is 89.4 cm³/mol. The number of nitrogens with one attached hydrogen (secondary N) is 1. The Morgan fingerprint density at radius 1 is 1.00 bits per heavy atom. The van der Waals surface area contributed by atoms with Gasteiger partial charge in [0.1, 0.15) is 11.5 Å². The summed E-state index contributed by atoms with van der Waals surface area (Å²) in [5.41, 5.74) is 3.40. The third kappa shape index (κ3) is 4.48. The van der Waals surface area contributed by atoms with Gasteiger partial charge in [0.25, 0.3) is 0 Å². The number of ether oxygens (including phenoxy) is 1. The molecule has 112 valence electrons. The van der Waals surface area contributed by atoms with Crippen molar-refractivity contribution >= 4 is 11.6 Å². The van der Waals surface area contributed by atoms with Gasteiger partial charge in [0.2, 0.25) is 0 Å². The number of hydrogen-bond acceptors (Lipinski definition) is 2. The molecule has 0 aliphatic heterocycles. The van der Waals surface area contributed by atoms with Gasteiger partial charge in [-0.25, -0.2) is 0 Å². The van der Waals surface area contributed by atoms with E-state index in [1.54, 1.807) is 0 Å². The fraction of sp³-hybridized carbons (Fsp3) is 0.333. The van der Waals surface area contributed by atoms with Gasteiger partial charge in [-0.15, -0.1) is 0 Å². The third-order valence-corrected chi connectivity index (χ3v) is 3.57. The lowest BCUT2D eigenvalue weighted by molar-refractivity contribution is 0.473. The quantitative estimate of drug-likeness (QED) is 0.815. The second-order valence-corrected chi connectivity index (χ2v) is 6.08. The minimum atomic E-state index is 0.464. The summed E-state index contributed by atoms with van der Waals surface area (Å²) in [7, 11) is 0. The van der Waals surface area contributed by atoms with Gasteiger partial charge in [-0.1, -0.05) is 43.6 Å². The Kier molecular flexibility index (Phi) is 5.27. The van der Waals surface area contributed by atoms with Crippen LogP contribution < -0.4 is 10.1 Å². The monoisotopic (exact) mass is 303 g/mol. The zero-order chi connectivity index (χ0) is 15.4. The smallest absolute Gasteiger partial charge is 0.131 e. The lowest BCUT2D eigenvalue weighted by atomic mass is 10.1. The summed E-state index contributed by atoms with van der Waals surface area (Å²) in [6, 6.07) is 12.5. The van der Waals surface area contributed by atoms with Gasteiger partial charge in [-0.05, 0) is 48.7 Å². The molecule has 0 saturated carbocycles. The molecule has 3 heteroatoms. The number of rotatable bonds is 5. The van der Waals surface area contributed by atoms with Crippen LogP contribution in [-0.4, -0.2) is 6.04 Å². The largest absolute Gasteiger partial charge is 0.457 e. The van der Waals surface area contributed by atoms with E-state index in [-0.39, 0.29) is 0 Å². The molecule has 0 heterocycles. The number of aryl methyl sites for hydroxylation is 2. The van der Waals surface area contributed by atoms with Crippen molar-refractivity contribution in [2.75, 3.05) is 0 Å². The zero-order valence-electron chi connectivity index (χ0n) is 13.0. The summed E-state index contributed by atoms with van der Waals surface area (Å²) >= 11 is 6.05. The fourth-order valence-corrected chi connectivity index (χ4v) is 2.15. The molecule has 0 bridgehead atoms. The second kappa shape index (κ2) is 6.97. The molecule has 0 radical (unpaired) electrons. The second-order valence-electron chi connectivity index (χ2n) is 5.65. The molecular formula is C18H22ClNO. The third-order valence-electron chi connectivity index (χ3n) is 3.34. The molecule has 1 N–H and O–H groups in total. The Morgan fingerprint density at radius 3 is 2.29 bits per heavy atom. The summed E-state index contributed by atoms with van der Waals surface area (Å²) in [5.74, 6) is 1.68. The highest BCUT2D eigenvalue weighted by Crippen LogP contribution is 2.30. The molecule has 2 rings (SSSR count). The lowest BCUT2D eigenvalue weighted by Crippen LogP contribution is -2.21. The van der Waals surface area contributed by atoms with Crippen LogP contribution in [0.25, 0.3) is 0 Å². The van der Waals surface area contributed by atoms with Crippen LogP contribution in [0.15, 0.2) is 36.4 Å². The Morgan fingerprint density at radius 2 is 1.62 bits per heavy atom. The lowest BCUT2D eigenvalue weighted by Gasteiger charge is -2.14. The van der Waals surface area contributed by atoms with Crippen LogP contribution in [0.5, 0.6) is 11.5 Å². The molecule has 0 atom stereocenters. The van der Waals surface area contributed by atoms with Gasteiger partial charge < -0.3 is 10.1 Å². The van der Waals surface area contributed by atoms with Crippen molar-refractivity contribution < 1.29 is 4.74 Å². The maximum atomic E-state index is 6.06. The average Bonchev–Trinajstić information content (AvgIpc) is 2.43. The van der Waals surface area contributed by atoms with Crippen molar-refractivity contribution in [2.24, 2.45) is 0 Å². The van der Waals surface area contributed by atoms with Gasteiger partial charge >= 0.3 is 0 Å². The van der Waals surface area contributed by atoms with Crippen LogP contribution in [0.4, 0.5) is 0 Å². The zero-order valence-corrected chi connectivity index (χ0v) is 13.8. The molecule has 0 saturated heterocycles. The Labute approximate surface area is 132 Å². The number of halogens is 1. The molecule has 21 heavy (non-hydrogen) atoms. The molecule has 0 aliphatic rings. The Bertz CT molecular complexity index is 623. The predicted octanol–water partition coefficient (Wildman–Crippen LogP) is 5.25. The van der Waals surface area contributed by atoms with Crippen LogP contribution in [0.3, 0.4) is 0 Å². The van der Waals surface area contributed by atoms with Gasteiger partial charge in [0.15, 0.2) is 0 Å². The molecule has 0 spiro atoms. The Hall–Kier alpha value is -1.51. The van der Waals surface area contributed by atoms with Crippen LogP contribution in [0, 0.1) is 13.8 Å². The first kappa shape index (κ1) is 15.9. The van der Waals surface area contributed by atoms with E-state index < -0.39 is 0 Å². The summed E-state index contributed by atoms with van der Waals surface area (Å²) in [5, 5.41) is 4.10. The van der Waals surface area contributed by atoms with Crippen molar-refractivity contribution in [1.82, 2.24) is 5.32 Å². The van der Waals surface area contributed by atoms with Crippen LogP contribution in [0.1, 0.15) is 30.5 Å². The fourth-order valence-electron chi connectivity index (χ4n) is 1.99. The molecular weight excluding hydrogens is 282 g/mol. The molecule has 2 aromatic rings. The minimum absolute atomic E-state index is 0.464. The highest BCUT2D eigenvalue weighted by Gasteiger charge is 2.07. The number of benzene rings is 2. The molecule has 0 unspecified atom stereocenters. The van der Waals surface area contributed by atoms with Crippen molar-refractivity contribution in [3.05, 3.63) is 58.1 Å². The van der Waals surface area contributed by atoms with Crippen LogP contribution >= 0.6 is 11.6 Å². The molecule has 2 aromatic carbocycles. The van der Waals surface area contributed by atoms with E-state index >= 15 is 0 Å². The van der Waals surface area contributed by atoms with Gasteiger partial charge in [-0.2, -0.15) is 0 Å². The standard InChI is InChI=1S/C18H22ClNO/c1-12(2)20-11-15-7-5-13(3)17(9-15)21-18-10-16(19)8-6-14(18)4/h5-10,12,20H,11H2,1-4H3. The van der Waals surface area contributed by atoms with E-state index in [0.29, 0.717) is 11.1 Å². The van der Waals surface area contributed by atoms with Gasteiger partial charge in [-0.3, -0.25) is 0 Å². The van der Waals surface area contributed by atoms with Gasteiger partial charge in [0, 0.05) is 17.6 Å². The van der Waals surface area contributed by atoms with Crippen molar-refractivity contribution in [2.45, 2.75) is 40.3 Å². The summed E-state index contributed by atoms with van der Waals surface area (Å²) in [4.78, 5) is 0.